The number of amides is 1. The molecule has 1 atom stereocenters. The van der Waals surface area contributed by atoms with Gasteiger partial charge in [0.15, 0.2) is 0 Å². The lowest BCUT2D eigenvalue weighted by molar-refractivity contribution is -0.114. The number of nitrogens with zero attached hydrogens (tertiary/aromatic N) is 2. The summed E-state index contributed by atoms with van der Waals surface area (Å²) in [4.78, 5) is 26.9. The van der Waals surface area contributed by atoms with Gasteiger partial charge in [0.1, 0.15) is 12.4 Å². The molecule has 8 heteroatoms. The van der Waals surface area contributed by atoms with Crippen molar-refractivity contribution in [3.8, 4) is 5.75 Å². The molecule has 2 aliphatic rings. The van der Waals surface area contributed by atoms with E-state index < -0.39 is 21.7 Å². The largest absolute Gasteiger partial charge is 0.492 e. The molecule has 0 aromatic heterocycles. The van der Waals surface area contributed by atoms with Crippen LogP contribution in [0.25, 0.3) is 0 Å². The van der Waals surface area contributed by atoms with Gasteiger partial charge in [0.05, 0.1) is 22.2 Å². The maximum absolute atomic E-state index is 13.5. The molecule has 0 radical (unpaired) electrons. The molecule has 0 bridgehead atoms. The Labute approximate surface area is 211 Å². The number of carbonyl (C=O) groups is 2. The fourth-order valence-electron chi connectivity index (χ4n) is 4.88. The number of para-hydroxylation sites is 1. The lowest BCUT2D eigenvalue weighted by Gasteiger charge is -2.24. The number of aryl methyl sites for hydroxylation is 1. The topological polar surface area (TPSA) is 84.0 Å². The third-order valence-electron chi connectivity index (χ3n) is 6.75. The van der Waals surface area contributed by atoms with Crippen molar-refractivity contribution >= 4 is 27.4 Å². The zero-order valence-corrected chi connectivity index (χ0v) is 20.7. The molecule has 3 aromatic rings. The van der Waals surface area contributed by atoms with Gasteiger partial charge < -0.3 is 9.64 Å². The molecule has 0 saturated carbocycles. The number of sulfonamides is 1. The smallest absolute Gasteiger partial charge is 0.299 e. The SMILES string of the molecule is O=C1C(=O)N(CCCc2ccccc2)c2ccc(S(=O)(=O)N3CCC[C@H]3COc3ccccc3)cc21. The summed E-state index contributed by atoms with van der Waals surface area (Å²) >= 11 is 0. The first-order chi connectivity index (χ1) is 17.4. The number of benzene rings is 3. The van der Waals surface area contributed by atoms with Gasteiger partial charge in [-0.1, -0.05) is 48.5 Å². The minimum Gasteiger partial charge on any atom is -0.492 e. The molecule has 7 nitrogen and oxygen atoms in total. The fraction of sp³-hybridized carbons (Fsp3) is 0.286. The highest BCUT2D eigenvalue weighted by Crippen LogP contribution is 2.34. The zero-order valence-electron chi connectivity index (χ0n) is 19.9. The van der Waals surface area contributed by atoms with E-state index in [1.165, 1.54) is 21.3 Å². The van der Waals surface area contributed by atoms with Crippen LogP contribution in [0.3, 0.4) is 0 Å². The Balaban J connectivity index is 1.31. The predicted molar refractivity (Wildman–Crippen MR) is 137 cm³/mol. The maximum atomic E-state index is 13.5. The van der Waals surface area contributed by atoms with Crippen LogP contribution in [0, 0.1) is 0 Å². The Morgan fingerprint density at radius 2 is 1.64 bits per heavy atom. The lowest BCUT2D eigenvalue weighted by Crippen LogP contribution is -2.39. The molecule has 0 unspecified atom stereocenters. The lowest BCUT2D eigenvalue weighted by atomic mass is 10.1. The number of hydrogen-bond acceptors (Lipinski definition) is 5. The maximum Gasteiger partial charge on any atom is 0.299 e. The molecule has 36 heavy (non-hydrogen) atoms. The van der Waals surface area contributed by atoms with Crippen LogP contribution in [0.15, 0.2) is 83.8 Å². The normalized spacial score (nSPS) is 18.0. The number of fused-ring (bicyclic) bond motifs is 1. The molecule has 1 amide bonds. The zero-order chi connectivity index (χ0) is 25.1. The summed E-state index contributed by atoms with van der Waals surface area (Å²) in [6, 6.07) is 23.4. The Kier molecular flexibility index (Phi) is 6.89. The van der Waals surface area contributed by atoms with Gasteiger partial charge in [-0.15, -0.1) is 0 Å². The summed E-state index contributed by atoms with van der Waals surface area (Å²) in [5.74, 6) is -0.578. The molecule has 0 spiro atoms. The van der Waals surface area contributed by atoms with E-state index in [9.17, 15) is 18.0 Å². The van der Waals surface area contributed by atoms with Gasteiger partial charge in [-0.3, -0.25) is 9.59 Å². The Morgan fingerprint density at radius 3 is 2.39 bits per heavy atom. The van der Waals surface area contributed by atoms with E-state index in [-0.39, 0.29) is 23.1 Å². The van der Waals surface area contributed by atoms with E-state index in [4.69, 9.17) is 4.74 Å². The molecule has 5 rings (SSSR count). The van der Waals surface area contributed by atoms with Gasteiger partial charge in [-0.25, -0.2) is 8.42 Å². The molecule has 2 aliphatic heterocycles. The fourth-order valence-corrected chi connectivity index (χ4v) is 6.59. The van der Waals surface area contributed by atoms with E-state index in [2.05, 4.69) is 0 Å². The second-order valence-electron chi connectivity index (χ2n) is 9.09. The summed E-state index contributed by atoms with van der Waals surface area (Å²) in [7, 11) is -3.85. The first-order valence-corrected chi connectivity index (χ1v) is 13.6. The van der Waals surface area contributed by atoms with Crippen molar-refractivity contribution in [3.05, 3.63) is 90.0 Å². The third-order valence-corrected chi connectivity index (χ3v) is 8.70. The molecule has 0 aliphatic carbocycles. The average molecular weight is 505 g/mol. The second-order valence-corrected chi connectivity index (χ2v) is 11.0. The van der Waals surface area contributed by atoms with Crippen LogP contribution in [0.4, 0.5) is 5.69 Å². The highest BCUT2D eigenvalue weighted by molar-refractivity contribution is 7.89. The van der Waals surface area contributed by atoms with Crippen molar-refractivity contribution in [2.75, 3.05) is 24.6 Å². The van der Waals surface area contributed by atoms with Gasteiger partial charge in [-0.2, -0.15) is 4.31 Å². The van der Waals surface area contributed by atoms with Gasteiger partial charge in [0.2, 0.25) is 10.0 Å². The second kappa shape index (κ2) is 10.2. The van der Waals surface area contributed by atoms with Crippen LogP contribution in [0.2, 0.25) is 0 Å². The minimum absolute atomic E-state index is 0.0279. The number of ketones is 1. The number of hydrogen-bond donors (Lipinski definition) is 0. The van der Waals surface area contributed by atoms with Crippen molar-refractivity contribution < 1.29 is 22.7 Å². The summed E-state index contributed by atoms with van der Waals surface area (Å²) in [5, 5.41) is 0. The number of ether oxygens (including phenoxy) is 1. The summed E-state index contributed by atoms with van der Waals surface area (Å²) in [6.45, 7) is 1.03. The first-order valence-electron chi connectivity index (χ1n) is 12.2. The van der Waals surface area contributed by atoms with Crippen molar-refractivity contribution in [1.29, 1.82) is 0 Å². The Morgan fingerprint density at radius 1 is 0.917 bits per heavy atom. The van der Waals surface area contributed by atoms with E-state index in [0.29, 0.717) is 37.4 Å². The molecule has 186 valence electrons. The summed E-state index contributed by atoms with van der Waals surface area (Å²) in [6.07, 6.45) is 2.91. The van der Waals surface area contributed by atoms with E-state index in [1.54, 1.807) is 6.07 Å². The highest BCUT2D eigenvalue weighted by Gasteiger charge is 2.39. The van der Waals surface area contributed by atoms with Gasteiger partial charge >= 0.3 is 0 Å². The van der Waals surface area contributed by atoms with Crippen LogP contribution in [0.1, 0.15) is 35.2 Å². The van der Waals surface area contributed by atoms with Crippen molar-refractivity contribution in [2.45, 2.75) is 36.6 Å². The van der Waals surface area contributed by atoms with E-state index in [0.717, 1.165) is 18.4 Å². The van der Waals surface area contributed by atoms with E-state index in [1.807, 2.05) is 60.7 Å². The minimum atomic E-state index is -3.85. The molecule has 2 heterocycles. The van der Waals surface area contributed by atoms with Crippen molar-refractivity contribution in [1.82, 2.24) is 4.31 Å². The summed E-state index contributed by atoms with van der Waals surface area (Å²) < 4.78 is 34.3. The molecular weight excluding hydrogens is 476 g/mol. The predicted octanol–water partition coefficient (Wildman–Crippen LogP) is 4.08. The summed E-state index contributed by atoms with van der Waals surface area (Å²) in [5.41, 5.74) is 1.79. The number of anilines is 1. The van der Waals surface area contributed by atoms with Crippen LogP contribution in [-0.4, -0.2) is 50.2 Å². The van der Waals surface area contributed by atoms with E-state index >= 15 is 0 Å². The Bertz CT molecular complexity index is 1360. The van der Waals surface area contributed by atoms with Gasteiger partial charge in [-0.05, 0) is 61.6 Å². The number of rotatable bonds is 9. The molecule has 3 aromatic carbocycles. The standard InChI is InChI=1S/C28H28N2O5S/c31-27-25-19-24(15-16-26(25)29(28(27)32)17-7-11-21-9-3-1-4-10-21)36(33,34)30-18-8-12-22(30)20-35-23-13-5-2-6-14-23/h1-6,9-10,13-16,19,22H,7-8,11-12,17-18,20H2/t22-/m0/s1. The monoisotopic (exact) mass is 504 g/mol. The first kappa shape index (κ1) is 24.2. The van der Waals surface area contributed by atoms with Crippen LogP contribution < -0.4 is 9.64 Å². The number of carbonyl (C=O) groups excluding carboxylic acids is 2. The van der Waals surface area contributed by atoms with Crippen molar-refractivity contribution in [3.63, 3.8) is 0 Å². The van der Waals surface area contributed by atoms with Crippen LogP contribution in [-0.2, 0) is 21.2 Å². The van der Waals surface area contributed by atoms with Crippen LogP contribution in [0.5, 0.6) is 5.75 Å². The van der Waals surface area contributed by atoms with Crippen molar-refractivity contribution in [2.24, 2.45) is 0 Å². The van der Waals surface area contributed by atoms with Gasteiger partial charge in [0.25, 0.3) is 11.7 Å². The van der Waals surface area contributed by atoms with Gasteiger partial charge in [0, 0.05) is 13.1 Å². The Hall–Kier alpha value is -3.49. The quantitative estimate of drug-likeness (QED) is 0.410. The molecule has 1 fully saturated rings. The molecule has 1 saturated heterocycles. The third kappa shape index (κ3) is 4.79. The van der Waals surface area contributed by atoms with Crippen LogP contribution >= 0.6 is 0 Å². The molecule has 0 N–H and O–H groups in total. The number of Topliss-reactive ketones (excluding diaryl/α,β-unsaturated/α-hetero) is 1. The highest BCUT2D eigenvalue weighted by atomic mass is 32.2. The molecular formula is C28H28N2O5S. The average Bonchev–Trinajstić information content (AvgIpc) is 3.48.